The van der Waals surface area contributed by atoms with Gasteiger partial charge < -0.3 is 19.8 Å². The van der Waals surface area contributed by atoms with Crippen molar-refractivity contribution in [2.24, 2.45) is 0 Å². The van der Waals surface area contributed by atoms with Gasteiger partial charge in [-0.3, -0.25) is 0 Å². The van der Waals surface area contributed by atoms with Crippen LogP contribution in [-0.4, -0.2) is 49.7 Å². The molecule has 0 unspecified atom stereocenters. The largest absolute Gasteiger partial charge is 2.00 e. The summed E-state index contributed by atoms with van der Waals surface area (Å²) < 4.78 is 0.871. The van der Waals surface area contributed by atoms with Crippen LogP contribution in [0.2, 0.25) is 0 Å². The Labute approximate surface area is 160 Å². The predicted octanol–water partition coefficient (Wildman–Crippen LogP) is 1.08. The second-order valence-electron chi connectivity index (χ2n) is 2.58. The summed E-state index contributed by atoms with van der Waals surface area (Å²) in [4.78, 5) is 21.7. The average molecular weight is 520 g/mol. The SMILES string of the molecule is O=C([O-])c1c(Br)c(Br)c(Br)c(Br)c1C(=O)[O-].[Ca+2]. The van der Waals surface area contributed by atoms with Crippen molar-refractivity contribution in [1.82, 2.24) is 0 Å². The maximum atomic E-state index is 10.9. The molecular formula is C8Br4CaO4. The van der Waals surface area contributed by atoms with E-state index in [4.69, 9.17) is 0 Å². The van der Waals surface area contributed by atoms with Crippen molar-refractivity contribution in [3.8, 4) is 0 Å². The van der Waals surface area contributed by atoms with E-state index in [1.165, 1.54) is 0 Å². The van der Waals surface area contributed by atoms with E-state index < -0.39 is 23.1 Å². The van der Waals surface area contributed by atoms with E-state index in [2.05, 4.69) is 63.7 Å². The topological polar surface area (TPSA) is 80.3 Å². The van der Waals surface area contributed by atoms with Gasteiger partial charge in [0.05, 0.1) is 11.9 Å². The van der Waals surface area contributed by atoms with E-state index in [1.807, 2.05) is 0 Å². The Morgan fingerprint density at radius 2 is 0.941 bits per heavy atom. The van der Waals surface area contributed by atoms with Crippen LogP contribution in [0, 0.1) is 0 Å². The van der Waals surface area contributed by atoms with Crippen molar-refractivity contribution in [3.63, 3.8) is 0 Å². The molecule has 9 heteroatoms. The van der Waals surface area contributed by atoms with Crippen molar-refractivity contribution >= 4 is 113 Å². The van der Waals surface area contributed by atoms with E-state index in [9.17, 15) is 19.8 Å². The predicted molar refractivity (Wildman–Crippen MR) is 71.7 cm³/mol. The van der Waals surface area contributed by atoms with Crippen LogP contribution in [0.15, 0.2) is 17.9 Å². The summed E-state index contributed by atoms with van der Waals surface area (Å²) in [5, 5.41) is 21.7. The van der Waals surface area contributed by atoms with Crippen molar-refractivity contribution in [3.05, 3.63) is 29.0 Å². The number of carboxylic acid groups (broad SMARTS) is 2. The number of aromatic carboxylic acids is 2. The van der Waals surface area contributed by atoms with Crippen LogP contribution in [0.4, 0.5) is 0 Å². The Morgan fingerprint density at radius 3 is 1.12 bits per heavy atom. The molecule has 0 aliphatic rings. The smallest absolute Gasteiger partial charge is 0.545 e. The maximum absolute atomic E-state index is 10.9. The van der Waals surface area contributed by atoms with Crippen LogP contribution < -0.4 is 10.2 Å². The summed E-state index contributed by atoms with van der Waals surface area (Å²) in [6.07, 6.45) is 0. The normalized spacial score (nSPS) is 9.65. The Balaban J connectivity index is 0.00000256. The van der Waals surface area contributed by atoms with Crippen molar-refractivity contribution < 1.29 is 19.8 Å². The van der Waals surface area contributed by atoms with Gasteiger partial charge in [-0.25, -0.2) is 0 Å². The molecule has 17 heavy (non-hydrogen) atoms. The summed E-state index contributed by atoms with van der Waals surface area (Å²) >= 11 is 12.2. The molecule has 0 aromatic heterocycles. The molecule has 0 radical (unpaired) electrons. The molecule has 0 heterocycles. The molecule has 0 bridgehead atoms. The Kier molecular flexibility index (Phi) is 7.78. The molecule has 0 amide bonds. The minimum Gasteiger partial charge on any atom is -0.545 e. The average Bonchev–Trinajstić information content (AvgIpc) is 2.18. The fourth-order valence-electron chi connectivity index (χ4n) is 1.02. The molecule has 1 rings (SSSR count). The number of hydrogen-bond donors (Lipinski definition) is 0. The van der Waals surface area contributed by atoms with Gasteiger partial charge in [-0.2, -0.15) is 0 Å². The third-order valence-corrected chi connectivity index (χ3v) is 6.44. The molecule has 0 aliphatic heterocycles. The molecule has 0 atom stereocenters. The maximum Gasteiger partial charge on any atom is 2.00 e. The van der Waals surface area contributed by atoms with E-state index in [0.717, 1.165) is 0 Å². The van der Waals surface area contributed by atoms with Crippen molar-refractivity contribution in [2.45, 2.75) is 0 Å². The Bertz CT molecular complexity index is 458. The standard InChI is InChI=1S/C8H2Br4O4.Ca/c9-3-1(7(13)14)2(8(15)16)4(10)6(12)5(3)11;/h(H,13,14)(H,15,16);/q;+2/p-2. The Hall–Kier alpha value is 1.34. The van der Waals surface area contributed by atoms with E-state index >= 15 is 0 Å². The van der Waals surface area contributed by atoms with Crippen LogP contribution in [0.1, 0.15) is 20.7 Å². The van der Waals surface area contributed by atoms with Crippen molar-refractivity contribution in [1.29, 1.82) is 0 Å². The van der Waals surface area contributed by atoms with Gasteiger partial charge in [0.2, 0.25) is 0 Å². The second-order valence-corrected chi connectivity index (χ2v) is 5.75. The van der Waals surface area contributed by atoms with E-state index in [1.54, 1.807) is 0 Å². The van der Waals surface area contributed by atoms with Crippen LogP contribution in [0.25, 0.3) is 0 Å². The first-order valence-electron chi connectivity index (χ1n) is 3.57. The number of carbonyl (C=O) groups excluding carboxylic acids is 2. The monoisotopic (exact) mass is 516 g/mol. The van der Waals surface area contributed by atoms with Gasteiger partial charge in [-0.05, 0) is 63.7 Å². The molecule has 0 saturated carbocycles. The quantitative estimate of drug-likeness (QED) is 0.333. The summed E-state index contributed by atoms with van der Waals surface area (Å²) in [6.45, 7) is 0. The third kappa shape index (κ3) is 3.67. The number of carboxylic acids is 2. The van der Waals surface area contributed by atoms with Gasteiger partial charge in [0.1, 0.15) is 0 Å². The molecule has 1 aromatic rings. The van der Waals surface area contributed by atoms with Crippen LogP contribution >= 0.6 is 63.7 Å². The number of rotatable bonds is 2. The number of carbonyl (C=O) groups is 2. The molecule has 0 saturated heterocycles. The fourth-order valence-corrected chi connectivity index (χ4v) is 3.46. The van der Waals surface area contributed by atoms with Crippen LogP contribution in [0.3, 0.4) is 0 Å². The summed E-state index contributed by atoms with van der Waals surface area (Å²) in [5.41, 5.74) is -0.969. The molecule has 1 aromatic carbocycles. The van der Waals surface area contributed by atoms with Gasteiger partial charge in [-0.1, -0.05) is 0 Å². The van der Waals surface area contributed by atoms with Crippen LogP contribution in [0.5, 0.6) is 0 Å². The molecule has 4 nitrogen and oxygen atoms in total. The second kappa shape index (κ2) is 7.21. The number of halogens is 4. The summed E-state index contributed by atoms with van der Waals surface area (Å²) in [6, 6.07) is 0. The fraction of sp³-hybridized carbons (Fsp3) is 0. The minimum atomic E-state index is -1.61. The molecule has 0 spiro atoms. The number of benzene rings is 1. The molecule has 0 aliphatic carbocycles. The molecule has 0 fully saturated rings. The minimum absolute atomic E-state index is 0. The molecule has 86 valence electrons. The van der Waals surface area contributed by atoms with Gasteiger partial charge in [0, 0.05) is 29.0 Å². The van der Waals surface area contributed by atoms with Gasteiger partial charge in [0.15, 0.2) is 0 Å². The summed E-state index contributed by atoms with van der Waals surface area (Å²) in [7, 11) is 0. The first-order valence-corrected chi connectivity index (χ1v) is 6.74. The van der Waals surface area contributed by atoms with E-state index in [0.29, 0.717) is 8.95 Å². The van der Waals surface area contributed by atoms with Gasteiger partial charge in [0.25, 0.3) is 0 Å². The van der Waals surface area contributed by atoms with Gasteiger partial charge >= 0.3 is 37.7 Å². The first kappa shape index (κ1) is 18.3. The Morgan fingerprint density at radius 1 is 0.706 bits per heavy atom. The van der Waals surface area contributed by atoms with Crippen LogP contribution in [-0.2, 0) is 0 Å². The summed E-state index contributed by atoms with van der Waals surface area (Å²) in [5.74, 6) is -3.22. The van der Waals surface area contributed by atoms with Crippen molar-refractivity contribution in [2.75, 3.05) is 0 Å². The zero-order valence-corrected chi connectivity index (χ0v) is 16.4. The van der Waals surface area contributed by atoms with E-state index in [-0.39, 0.29) is 46.7 Å². The molecular weight excluding hydrogens is 520 g/mol. The first-order chi connectivity index (χ1) is 7.29. The van der Waals surface area contributed by atoms with Gasteiger partial charge in [-0.15, -0.1) is 0 Å². The number of hydrogen-bond acceptors (Lipinski definition) is 4. The third-order valence-electron chi connectivity index (χ3n) is 1.68. The molecule has 0 N–H and O–H groups in total. The zero-order valence-electron chi connectivity index (χ0n) is 7.85. The zero-order chi connectivity index (χ0) is 12.6.